The first kappa shape index (κ1) is 17.8. The van der Waals surface area contributed by atoms with Crippen molar-refractivity contribution in [2.75, 3.05) is 32.5 Å². The maximum atomic E-state index is 12.0. The molecule has 4 nitrogen and oxygen atoms in total. The van der Waals surface area contributed by atoms with E-state index in [2.05, 4.69) is 16.7 Å². The maximum absolute atomic E-state index is 12.0. The summed E-state index contributed by atoms with van der Waals surface area (Å²) in [5.41, 5.74) is 5.54. The van der Waals surface area contributed by atoms with Gasteiger partial charge in [-0.2, -0.15) is 0 Å². The fourth-order valence-electron chi connectivity index (χ4n) is 3.15. The molecule has 0 aromatic heterocycles. The number of anilines is 1. The van der Waals surface area contributed by atoms with Crippen LogP contribution in [0.25, 0.3) is 0 Å². The Bertz CT molecular complexity index is 756. The third kappa shape index (κ3) is 4.14. The Morgan fingerprint density at radius 2 is 1.84 bits per heavy atom. The van der Waals surface area contributed by atoms with E-state index < -0.39 is 0 Å². The molecule has 0 saturated heterocycles. The van der Waals surface area contributed by atoms with Gasteiger partial charge in [-0.25, -0.2) is 0 Å². The number of halogens is 1. The molecule has 2 aromatic rings. The third-order valence-corrected chi connectivity index (χ3v) is 4.87. The van der Waals surface area contributed by atoms with E-state index in [0.717, 1.165) is 42.2 Å². The van der Waals surface area contributed by atoms with E-state index in [0.29, 0.717) is 12.1 Å². The lowest BCUT2D eigenvalue weighted by molar-refractivity contribution is 0.0827. The average Bonchev–Trinajstić information content (AvgIpc) is 2.86. The van der Waals surface area contributed by atoms with Gasteiger partial charge in [-0.05, 0) is 60.8 Å². The number of hydrogen-bond donors (Lipinski definition) is 2. The van der Waals surface area contributed by atoms with E-state index in [1.165, 1.54) is 11.1 Å². The van der Waals surface area contributed by atoms with Crippen molar-refractivity contribution in [3.63, 3.8) is 0 Å². The van der Waals surface area contributed by atoms with Crippen LogP contribution in [0.5, 0.6) is 0 Å². The quantitative estimate of drug-likeness (QED) is 0.882. The molecule has 1 amide bonds. The molecule has 0 spiro atoms. The van der Waals surface area contributed by atoms with Gasteiger partial charge in [0, 0.05) is 26.2 Å². The highest BCUT2D eigenvalue weighted by molar-refractivity contribution is 6.33. The van der Waals surface area contributed by atoms with Gasteiger partial charge in [0.05, 0.1) is 10.7 Å². The van der Waals surface area contributed by atoms with Gasteiger partial charge in [0.2, 0.25) is 0 Å². The fourth-order valence-corrected chi connectivity index (χ4v) is 3.39. The van der Waals surface area contributed by atoms with Crippen molar-refractivity contribution < 1.29 is 4.79 Å². The van der Waals surface area contributed by atoms with Gasteiger partial charge >= 0.3 is 0 Å². The molecule has 0 aliphatic carbocycles. The first-order chi connectivity index (χ1) is 12.1. The number of carbonyl (C=O) groups excluding carboxylic acids is 1. The summed E-state index contributed by atoms with van der Waals surface area (Å²) in [5, 5.41) is 7.70. The highest BCUT2D eigenvalue weighted by Gasteiger charge is 2.14. The van der Waals surface area contributed by atoms with Crippen molar-refractivity contribution in [2.45, 2.75) is 19.4 Å². The molecule has 0 fully saturated rings. The van der Waals surface area contributed by atoms with Crippen molar-refractivity contribution in [3.8, 4) is 0 Å². The van der Waals surface area contributed by atoms with Crippen molar-refractivity contribution in [1.29, 1.82) is 0 Å². The molecule has 1 heterocycles. The van der Waals surface area contributed by atoms with E-state index in [1.807, 2.05) is 30.3 Å². The third-order valence-electron chi connectivity index (χ3n) is 4.56. The summed E-state index contributed by atoms with van der Waals surface area (Å²) in [6.07, 6.45) is 2.01. The summed E-state index contributed by atoms with van der Waals surface area (Å²) in [5.74, 6) is 0.0171. The van der Waals surface area contributed by atoms with Crippen LogP contribution in [-0.4, -0.2) is 38.0 Å². The molecule has 0 unspecified atom stereocenters. The van der Waals surface area contributed by atoms with Gasteiger partial charge < -0.3 is 15.5 Å². The number of carbonyl (C=O) groups is 1. The van der Waals surface area contributed by atoms with Crippen LogP contribution in [0.3, 0.4) is 0 Å². The highest BCUT2D eigenvalue weighted by atomic mass is 35.5. The number of hydrogen-bond acceptors (Lipinski definition) is 3. The summed E-state index contributed by atoms with van der Waals surface area (Å²) in [4.78, 5) is 13.5. The zero-order valence-electron chi connectivity index (χ0n) is 14.7. The second kappa shape index (κ2) is 7.89. The molecule has 1 aliphatic rings. The average molecular weight is 358 g/mol. The number of amides is 1. The minimum Gasteiger partial charge on any atom is -0.380 e. The fraction of sp³-hybridized carbons (Fsp3) is 0.350. The molecular weight excluding hydrogens is 334 g/mol. The Labute approximate surface area is 154 Å². The van der Waals surface area contributed by atoms with E-state index >= 15 is 0 Å². The lowest BCUT2D eigenvalue weighted by atomic mass is 10.0. The summed E-state index contributed by atoms with van der Waals surface area (Å²) in [6, 6.07) is 11.8. The normalized spacial score (nSPS) is 13.7. The van der Waals surface area contributed by atoms with Crippen LogP contribution in [-0.2, 0) is 19.4 Å². The van der Waals surface area contributed by atoms with Crippen LogP contribution in [0.1, 0.15) is 27.0 Å². The topological polar surface area (TPSA) is 44.4 Å². The van der Waals surface area contributed by atoms with E-state index in [-0.39, 0.29) is 5.91 Å². The van der Waals surface area contributed by atoms with Crippen molar-refractivity contribution >= 4 is 23.2 Å². The Kier molecular flexibility index (Phi) is 5.61. The summed E-state index contributed by atoms with van der Waals surface area (Å²) >= 11 is 6.45. The minimum atomic E-state index is 0.0171. The Morgan fingerprint density at radius 3 is 2.56 bits per heavy atom. The van der Waals surface area contributed by atoms with Crippen LogP contribution in [0.4, 0.5) is 5.69 Å². The second-order valence-electron chi connectivity index (χ2n) is 6.56. The SMILES string of the molecule is CN(C)C(=O)c1ccc(CNc2c(Cl)ccc3c2CCNCC3)cc1. The van der Waals surface area contributed by atoms with Crippen LogP contribution < -0.4 is 10.6 Å². The maximum Gasteiger partial charge on any atom is 0.253 e. The molecule has 2 N–H and O–H groups in total. The molecule has 5 heteroatoms. The zero-order chi connectivity index (χ0) is 17.8. The number of fused-ring (bicyclic) bond motifs is 1. The van der Waals surface area contributed by atoms with Crippen molar-refractivity contribution in [3.05, 3.63) is 63.7 Å². The van der Waals surface area contributed by atoms with Gasteiger partial charge in [-0.1, -0.05) is 29.8 Å². The zero-order valence-corrected chi connectivity index (χ0v) is 15.5. The molecule has 25 heavy (non-hydrogen) atoms. The predicted octanol–water partition coefficient (Wildman–Crippen LogP) is 3.34. The summed E-state index contributed by atoms with van der Waals surface area (Å²) in [7, 11) is 3.52. The first-order valence-corrected chi connectivity index (χ1v) is 8.99. The number of nitrogens with one attached hydrogen (secondary N) is 2. The number of benzene rings is 2. The molecule has 2 aromatic carbocycles. The van der Waals surface area contributed by atoms with Crippen molar-refractivity contribution in [2.24, 2.45) is 0 Å². The largest absolute Gasteiger partial charge is 0.380 e. The van der Waals surface area contributed by atoms with Gasteiger partial charge in [0.15, 0.2) is 0 Å². The van der Waals surface area contributed by atoms with Crippen LogP contribution in [0.2, 0.25) is 5.02 Å². The Morgan fingerprint density at radius 1 is 1.12 bits per heavy atom. The summed E-state index contributed by atoms with van der Waals surface area (Å²) < 4.78 is 0. The predicted molar refractivity (Wildman–Crippen MR) is 104 cm³/mol. The number of nitrogens with zero attached hydrogens (tertiary/aromatic N) is 1. The number of rotatable bonds is 4. The van der Waals surface area contributed by atoms with Gasteiger partial charge in [0.1, 0.15) is 0 Å². The Hall–Kier alpha value is -2.04. The minimum absolute atomic E-state index is 0.0171. The van der Waals surface area contributed by atoms with Gasteiger partial charge in [-0.3, -0.25) is 4.79 Å². The molecule has 3 rings (SSSR count). The molecule has 1 aliphatic heterocycles. The molecule has 0 saturated carbocycles. The van der Waals surface area contributed by atoms with Crippen LogP contribution in [0.15, 0.2) is 36.4 Å². The molecule has 0 atom stereocenters. The van der Waals surface area contributed by atoms with Crippen molar-refractivity contribution in [1.82, 2.24) is 10.2 Å². The summed E-state index contributed by atoms with van der Waals surface area (Å²) in [6.45, 7) is 2.67. The lowest BCUT2D eigenvalue weighted by Gasteiger charge is -2.16. The molecule has 132 valence electrons. The lowest BCUT2D eigenvalue weighted by Crippen LogP contribution is -2.21. The van der Waals surface area contributed by atoms with Gasteiger partial charge in [0.25, 0.3) is 5.91 Å². The molecule has 0 bridgehead atoms. The second-order valence-corrected chi connectivity index (χ2v) is 6.97. The van der Waals surface area contributed by atoms with Crippen LogP contribution >= 0.6 is 11.6 Å². The smallest absolute Gasteiger partial charge is 0.253 e. The van der Waals surface area contributed by atoms with E-state index in [4.69, 9.17) is 11.6 Å². The molecule has 0 radical (unpaired) electrons. The van der Waals surface area contributed by atoms with E-state index in [9.17, 15) is 4.79 Å². The van der Waals surface area contributed by atoms with Crippen LogP contribution in [0, 0.1) is 0 Å². The molecular formula is C20H24ClN3O. The monoisotopic (exact) mass is 357 g/mol. The van der Waals surface area contributed by atoms with Gasteiger partial charge in [-0.15, -0.1) is 0 Å². The standard InChI is InChI=1S/C20H24ClN3O/c1-24(2)20(25)16-5-3-14(4-6-16)13-23-19-17-10-12-22-11-9-15(17)7-8-18(19)21/h3-8,22-23H,9-13H2,1-2H3. The van der Waals surface area contributed by atoms with E-state index in [1.54, 1.807) is 19.0 Å². The highest BCUT2D eigenvalue weighted by Crippen LogP contribution is 2.31. The first-order valence-electron chi connectivity index (χ1n) is 8.61. The Balaban J connectivity index is 1.75.